The van der Waals surface area contributed by atoms with Crippen molar-refractivity contribution in [3.8, 4) is 0 Å². The maximum Gasteiger partial charge on any atom is 0.395 e. The van der Waals surface area contributed by atoms with Crippen molar-refractivity contribution in [3.63, 3.8) is 0 Å². The quantitative estimate of drug-likeness (QED) is 0.538. The molecule has 0 aliphatic heterocycles. The molecule has 3 unspecified atom stereocenters. The number of pyridine rings is 1. The van der Waals surface area contributed by atoms with Gasteiger partial charge in [0.05, 0.1) is 17.7 Å². The van der Waals surface area contributed by atoms with Crippen LogP contribution in [0, 0.1) is 11.3 Å². The number of rotatable bonds is 1. The molecule has 4 aliphatic carbocycles. The summed E-state index contributed by atoms with van der Waals surface area (Å²) in [6, 6.07) is 0. The highest BCUT2D eigenvalue weighted by Gasteiger charge is 2.45. The van der Waals surface area contributed by atoms with Gasteiger partial charge in [0.25, 0.3) is 0 Å². The second kappa shape index (κ2) is 7.29. The zero-order chi connectivity index (χ0) is 23.0. The van der Waals surface area contributed by atoms with Crippen molar-refractivity contribution in [2.75, 3.05) is 0 Å². The van der Waals surface area contributed by atoms with Crippen molar-refractivity contribution in [3.05, 3.63) is 57.5 Å². The molecule has 1 aromatic heterocycles. The molecular formula is C26H30F3NO2. The summed E-state index contributed by atoms with van der Waals surface area (Å²) in [5, 5.41) is 22.6. The number of hydrogen-bond acceptors (Lipinski definition) is 3. The van der Waals surface area contributed by atoms with Crippen LogP contribution in [0.1, 0.15) is 99.1 Å². The minimum Gasteiger partial charge on any atom is -0.388 e. The van der Waals surface area contributed by atoms with Crippen molar-refractivity contribution in [2.45, 2.75) is 83.6 Å². The van der Waals surface area contributed by atoms with E-state index in [0.29, 0.717) is 35.2 Å². The number of fused-ring (bicyclic) bond motifs is 3. The van der Waals surface area contributed by atoms with Crippen molar-refractivity contribution < 1.29 is 23.4 Å². The SMILES string of the molecule is CC1C2=CC(C(F)(F)F)CC=C2[C@H](O)c2c1nc1c(c2C2=CCCC2)C(O)CC(C)(C)C1. The molecule has 0 amide bonds. The van der Waals surface area contributed by atoms with Crippen LogP contribution in [0.15, 0.2) is 29.4 Å². The number of nitrogens with zero attached hydrogens (tertiary/aromatic N) is 1. The molecule has 1 aromatic rings. The molecule has 0 spiro atoms. The smallest absolute Gasteiger partial charge is 0.388 e. The summed E-state index contributed by atoms with van der Waals surface area (Å²) in [7, 11) is 0. The van der Waals surface area contributed by atoms with Gasteiger partial charge in [-0.05, 0) is 66.2 Å². The van der Waals surface area contributed by atoms with Crippen LogP contribution in [-0.4, -0.2) is 21.4 Å². The fraction of sp³-hybridized carbons (Fsp3) is 0.577. The van der Waals surface area contributed by atoms with E-state index in [4.69, 9.17) is 4.98 Å². The molecule has 3 nitrogen and oxygen atoms in total. The molecule has 32 heavy (non-hydrogen) atoms. The normalized spacial score (nSPS) is 31.2. The minimum atomic E-state index is -4.31. The first-order valence-electron chi connectivity index (χ1n) is 11.6. The minimum absolute atomic E-state index is 0.123. The maximum absolute atomic E-state index is 13.5. The standard InChI is InChI=1S/C26H30F3NO2/c1-13-17-10-15(26(27,28)29)8-9-16(17)24(32)22-20(14-6-4-5-7-14)21-18(30-23(13)22)11-25(2,3)12-19(21)31/h6,9-10,13,15,19,24,31-32H,4-5,7-8,11-12H2,1-3H3/t13?,15?,19?,24-/m0/s1. The Morgan fingerprint density at radius 1 is 1.09 bits per heavy atom. The third-order valence-electron chi connectivity index (χ3n) is 7.64. The third kappa shape index (κ3) is 3.38. The second-order valence-electron chi connectivity index (χ2n) is 10.6. The lowest BCUT2D eigenvalue weighted by Crippen LogP contribution is -2.32. The largest absolute Gasteiger partial charge is 0.395 e. The van der Waals surface area contributed by atoms with Crippen LogP contribution >= 0.6 is 0 Å². The molecule has 4 atom stereocenters. The van der Waals surface area contributed by atoms with Gasteiger partial charge in [-0.3, -0.25) is 4.98 Å². The summed E-state index contributed by atoms with van der Waals surface area (Å²) < 4.78 is 40.4. The van der Waals surface area contributed by atoms with E-state index in [1.54, 1.807) is 6.08 Å². The average Bonchev–Trinajstić information content (AvgIpc) is 3.23. The van der Waals surface area contributed by atoms with E-state index in [1.807, 2.05) is 6.92 Å². The number of halogens is 3. The maximum atomic E-state index is 13.5. The molecule has 0 bridgehead atoms. The first kappa shape index (κ1) is 21.9. The Morgan fingerprint density at radius 3 is 2.50 bits per heavy atom. The number of aliphatic hydroxyl groups is 2. The highest BCUT2D eigenvalue weighted by molar-refractivity contribution is 5.76. The van der Waals surface area contributed by atoms with Crippen molar-refractivity contribution in [2.24, 2.45) is 11.3 Å². The van der Waals surface area contributed by atoms with E-state index < -0.39 is 24.3 Å². The molecule has 0 saturated carbocycles. The topological polar surface area (TPSA) is 53.4 Å². The van der Waals surface area contributed by atoms with Gasteiger partial charge >= 0.3 is 6.18 Å². The summed E-state index contributed by atoms with van der Waals surface area (Å²) in [4.78, 5) is 4.95. The predicted molar refractivity (Wildman–Crippen MR) is 117 cm³/mol. The van der Waals surface area contributed by atoms with Gasteiger partial charge < -0.3 is 10.2 Å². The molecule has 5 rings (SSSR count). The lowest BCUT2D eigenvalue weighted by Gasteiger charge is -2.41. The number of aliphatic hydroxyl groups excluding tert-OH is 2. The first-order valence-corrected chi connectivity index (χ1v) is 11.6. The van der Waals surface area contributed by atoms with E-state index in [0.717, 1.165) is 41.7 Å². The van der Waals surface area contributed by atoms with Crippen molar-refractivity contribution in [1.82, 2.24) is 4.98 Å². The fourth-order valence-electron chi connectivity index (χ4n) is 6.13. The Kier molecular flexibility index (Phi) is 4.99. The Labute approximate surface area is 186 Å². The molecule has 6 heteroatoms. The predicted octanol–water partition coefficient (Wildman–Crippen LogP) is 6.24. The molecule has 0 aromatic carbocycles. The summed E-state index contributed by atoms with van der Waals surface area (Å²) >= 11 is 0. The Bertz CT molecular complexity index is 1060. The van der Waals surface area contributed by atoms with Crippen molar-refractivity contribution >= 4 is 5.57 Å². The van der Waals surface area contributed by atoms with Crippen LogP contribution in [0.5, 0.6) is 0 Å². The Morgan fingerprint density at radius 2 is 1.84 bits per heavy atom. The van der Waals surface area contributed by atoms with Gasteiger partial charge in [-0.15, -0.1) is 0 Å². The van der Waals surface area contributed by atoms with E-state index in [1.165, 1.54) is 6.08 Å². The van der Waals surface area contributed by atoms with Crippen LogP contribution in [0.2, 0.25) is 0 Å². The summed E-state index contributed by atoms with van der Waals surface area (Å²) in [6.07, 6.45) is 3.03. The van der Waals surface area contributed by atoms with Gasteiger partial charge in [0.2, 0.25) is 0 Å². The summed E-state index contributed by atoms with van der Waals surface area (Å²) in [5.41, 5.74) is 6.01. The lowest BCUT2D eigenvalue weighted by atomic mass is 9.68. The van der Waals surface area contributed by atoms with E-state index in [2.05, 4.69) is 19.9 Å². The van der Waals surface area contributed by atoms with E-state index in [-0.39, 0.29) is 17.8 Å². The molecule has 4 aliphatic rings. The van der Waals surface area contributed by atoms with Gasteiger partial charge in [-0.25, -0.2) is 0 Å². The van der Waals surface area contributed by atoms with Crippen LogP contribution < -0.4 is 0 Å². The molecule has 0 radical (unpaired) electrons. The van der Waals surface area contributed by atoms with Crippen LogP contribution in [-0.2, 0) is 6.42 Å². The first-order chi connectivity index (χ1) is 15.0. The van der Waals surface area contributed by atoms with Gasteiger partial charge in [0.15, 0.2) is 0 Å². The average molecular weight is 446 g/mol. The third-order valence-corrected chi connectivity index (χ3v) is 7.64. The highest BCUT2D eigenvalue weighted by Crippen LogP contribution is 2.54. The van der Waals surface area contributed by atoms with Crippen LogP contribution in [0.4, 0.5) is 13.2 Å². The molecule has 172 valence electrons. The monoisotopic (exact) mass is 445 g/mol. The van der Waals surface area contributed by atoms with Gasteiger partial charge in [-0.1, -0.05) is 39.0 Å². The number of alkyl halides is 3. The summed E-state index contributed by atoms with van der Waals surface area (Å²) in [6.45, 7) is 6.09. The van der Waals surface area contributed by atoms with Gasteiger partial charge in [0, 0.05) is 22.7 Å². The van der Waals surface area contributed by atoms with E-state index in [9.17, 15) is 23.4 Å². The van der Waals surface area contributed by atoms with E-state index >= 15 is 0 Å². The zero-order valence-corrected chi connectivity index (χ0v) is 18.8. The molecule has 0 saturated heterocycles. The van der Waals surface area contributed by atoms with Crippen LogP contribution in [0.3, 0.4) is 0 Å². The second-order valence-corrected chi connectivity index (χ2v) is 10.6. The van der Waals surface area contributed by atoms with Crippen molar-refractivity contribution in [1.29, 1.82) is 0 Å². The number of aromatic nitrogens is 1. The molecule has 2 N–H and O–H groups in total. The Hall–Kier alpha value is -1.92. The number of allylic oxidation sites excluding steroid dienone is 4. The van der Waals surface area contributed by atoms with Gasteiger partial charge in [0.1, 0.15) is 6.10 Å². The van der Waals surface area contributed by atoms with Crippen LogP contribution in [0.25, 0.3) is 5.57 Å². The van der Waals surface area contributed by atoms with Gasteiger partial charge in [-0.2, -0.15) is 13.2 Å². The number of hydrogen-bond donors (Lipinski definition) is 2. The highest BCUT2D eigenvalue weighted by atomic mass is 19.4. The Balaban J connectivity index is 1.75. The fourth-order valence-corrected chi connectivity index (χ4v) is 6.13. The molecular weight excluding hydrogens is 415 g/mol. The zero-order valence-electron chi connectivity index (χ0n) is 18.8. The lowest BCUT2D eigenvalue weighted by molar-refractivity contribution is -0.160. The summed E-state index contributed by atoms with van der Waals surface area (Å²) in [5.74, 6) is -1.88. The molecule has 1 heterocycles. The molecule has 0 fully saturated rings.